The predicted molar refractivity (Wildman–Crippen MR) is 88.9 cm³/mol. The van der Waals surface area contributed by atoms with Gasteiger partial charge in [0.2, 0.25) is 11.8 Å². The van der Waals surface area contributed by atoms with Crippen LogP contribution in [-0.2, 0) is 27.3 Å². The number of carbonyl (C=O) groups is 2. The molecule has 0 spiro atoms. The van der Waals surface area contributed by atoms with Crippen molar-refractivity contribution in [2.24, 2.45) is 0 Å². The molecule has 126 valence electrons. The molecule has 2 N–H and O–H groups in total. The van der Waals surface area contributed by atoms with E-state index >= 15 is 0 Å². The summed E-state index contributed by atoms with van der Waals surface area (Å²) in [4.78, 5) is 23.4. The second-order valence-corrected chi connectivity index (χ2v) is 5.26. The molecule has 2 rings (SSSR count). The Morgan fingerprint density at radius 1 is 1.04 bits per heavy atom. The van der Waals surface area contributed by atoms with E-state index in [2.05, 4.69) is 10.6 Å². The van der Waals surface area contributed by atoms with Crippen LogP contribution in [0, 0.1) is 5.82 Å². The van der Waals surface area contributed by atoms with E-state index in [0.717, 1.165) is 5.56 Å². The van der Waals surface area contributed by atoms with Gasteiger partial charge in [0.15, 0.2) is 0 Å². The zero-order valence-corrected chi connectivity index (χ0v) is 13.3. The van der Waals surface area contributed by atoms with Crippen molar-refractivity contribution in [2.45, 2.75) is 13.0 Å². The summed E-state index contributed by atoms with van der Waals surface area (Å²) in [6, 6.07) is 13.1. The maximum Gasteiger partial charge on any atom is 0.250 e. The Balaban J connectivity index is 1.87. The molecule has 0 bridgehead atoms. The third-order valence-electron chi connectivity index (χ3n) is 3.23. The standard InChI is InChI=1S/C18H19FN2O3/c1-24-12-18(23)21-16-7-3-5-14(9-16)11-20-17(22)10-13-4-2-6-15(19)8-13/h2-9H,10-12H2,1H3,(H,20,22)(H,21,23). The van der Waals surface area contributed by atoms with Gasteiger partial charge in [-0.3, -0.25) is 9.59 Å². The zero-order chi connectivity index (χ0) is 17.4. The molecular weight excluding hydrogens is 311 g/mol. The molecule has 0 radical (unpaired) electrons. The van der Waals surface area contributed by atoms with Crippen molar-refractivity contribution in [3.05, 3.63) is 65.5 Å². The van der Waals surface area contributed by atoms with Crippen molar-refractivity contribution in [2.75, 3.05) is 19.0 Å². The zero-order valence-electron chi connectivity index (χ0n) is 13.3. The van der Waals surface area contributed by atoms with Gasteiger partial charge in [-0.25, -0.2) is 4.39 Å². The van der Waals surface area contributed by atoms with Crippen molar-refractivity contribution < 1.29 is 18.7 Å². The number of nitrogens with one attached hydrogen (secondary N) is 2. The van der Waals surface area contributed by atoms with Crippen LogP contribution in [0.5, 0.6) is 0 Å². The summed E-state index contributed by atoms with van der Waals surface area (Å²) >= 11 is 0. The van der Waals surface area contributed by atoms with E-state index in [1.807, 2.05) is 6.07 Å². The van der Waals surface area contributed by atoms with Gasteiger partial charge in [0.1, 0.15) is 12.4 Å². The average Bonchev–Trinajstić information content (AvgIpc) is 2.53. The monoisotopic (exact) mass is 330 g/mol. The predicted octanol–water partition coefficient (Wildman–Crippen LogP) is 2.27. The highest BCUT2D eigenvalue weighted by Gasteiger charge is 2.06. The molecule has 0 aliphatic rings. The highest BCUT2D eigenvalue weighted by atomic mass is 19.1. The second-order valence-electron chi connectivity index (χ2n) is 5.26. The van der Waals surface area contributed by atoms with Crippen LogP contribution in [-0.4, -0.2) is 25.5 Å². The summed E-state index contributed by atoms with van der Waals surface area (Å²) in [5, 5.41) is 5.47. The number of ether oxygens (including phenoxy) is 1. The normalized spacial score (nSPS) is 10.2. The van der Waals surface area contributed by atoms with Crippen LogP contribution in [0.4, 0.5) is 10.1 Å². The molecule has 24 heavy (non-hydrogen) atoms. The van der Waals surface area contributed by atoms with Crippen LogP contribution in [0.25, 0.3) is 0 Å². The molecule has 0 aliphatic heterocycles. The molecular formula is C18H19FN2O3. The lowest BCUT2D eigenvalue weighted by atomic mass is 10.1. The third kappa shape index (κ3) is 5.81. The minimum atomic E-state index is -0.361. The van der Waals surface area contributed by atoms with Crippen molar-refractivity contribution in [1.82, 2.24) is 5.32 Å². The highest BCUT2D eigenvalue weighted by molar-refractivity contribution is 5.91. The molecule has 6 heteroatoms. The Labute approximate surface area is 139 Å². The van der Waals surface area contributed by atoms with Crippen LogP contribution >= 0.6 is 0 Å². The lowest BCUT2D eigenvalue weighted by Gasteiger charge is -2.09. The van der Waals surface area contributed by atoms with Crippen molar-refractivity contribution >= 4 is 17.5 Å². The average molecular weight is 330 g/mol. The fraction of sp³-hybridized carbons (Fsp3) is 0.222. The molecule has 0 atom stereocenters. The lowest BCUT2D eigenvalue weighted by Crippen LogP contribution is -2.24. The molecule has 0 unspecified atom stereocenters. The van der Waals surface area contributed by atoms with Gasteiger partial charge < -0.3 is 15.4 Å². The molecule has 0 saturated carbocycles. The fourth-order valence-corrected chi connectivity index (χ4v) is 2.18. The van der Waals surface area contributed by atoms with Gasteiger partial charge in [-0.1, -0.05) is 24.3 Å². The quantitative estimate of drug-likeness (QED) is 0.818. The van der Waals surface area contributed by atoms with Gasteiger partial charge in [-0.05, 0) is 35.4 Å². The number of hydrogen-bond donors (Lipinski definition) is 2. The summed E-state index contributed by atoms with van der Waals surface area (Å²) in [6.07, 6.45) is 0.113. The van der Waals surface area contributed by atoms with Crippen LogP contribution < -0.4 is 10.6 Å². The first-order chi connectivity index (χ1) is 11.6. The molecule has 2 aromatic carbocycles. The minimum absolute atomic E-state index is 0.0192. The first-order valence-corrected chi connectivity index (χ1v) is 7.45. The van der Waals surface area contributed by atoms with E-state index in [1.54, 1.807) is 30.3 Å². The summed E-state index contributed by atoms with van der Waals surface area (Å²) in [5.74, 6) is -0.806. The van der Waals surface area contributed by atoms with Gasteiger partial charge in [0.05, 0.1) is 6.42 Å². The number of methoxy groups -OCH3 is 1. The maximum absolute atomic E-state index is 13.1. The fourth-order valence-electron chi connectivity index (χ4n) is 2.18. The summed E-state index contributed by atoms with van der Waals surface area (Å²) < 4.78 is 17.9. The number of halogens is 1. The van der Waals surface area contributed by atoms with E-state index in [0.29, 0.717) is 17.8 Å². The number of benzene rings is 2. The molecule has 0 fully saturated rings. The molecule has 2 amide bonds. The highest BCUT2D eigenvalue weighted by Crippen LogP contribution is 2.11. The molecule has 5 nitrogen and oxygen atoms in total. The van der Waals surface area contributed by atoms with E-state index in [1.165, 1.54) is 19.2 Å². The van der Waals surface area contributed by atoms with Gasteiger partial charge in [-0.2, -0.15) is 0 Å². The summed E-state index contributed by atoms with van der Waals surface area (Å²) in [5.41, 5.74) is 2.10. The molecule has 0 saturated heterocycles. The Kier molecular flexibility index (Phi) is 6.45. The summed E-state index contributed by atoms with van der Waals surface area (Å²) in [6.45, 7) is 0.302. The summed E-state index contributed by atoms with van der Waals surface area (Å²) in [7, 11) is 1.45. The lowest BCUT2D eigenvalue weighted by molar-refractivity contribution is -0.121. The van der Waals surface area contributed by atoms with E-state index in [4.69, 9.17) is 4.74 Å². The van der Waals surface area contributed by atoms with Crippen molar-refractivity contribution in [3.63, 3.8) is 0 Å². The Morgan fingerprint density at radius 2 is 1.79 bits per heavy atom. The smallest absolute Gasteiger partial charge is 0.250 e. The van der Waals surface area contributed by atoms with Crippen molar-refractivity contribution in [3.8, 4) is 0 Å². The number of hydrogen-bond acceptors (Lipinski definition) is 3. The van der Waals surface area contributed by atoms with Gasteiger partial charge in [0, 0.05) is 19.3 Å². The second kappa shape index (κ2) is 8.79. The number of amides is 2. The van der Waals surface area contributed by atoms with E-state index in [-0.39, 0.29) is 30.7 Å². The van der Waals surface area contributed by atoms with Crippen LogP contribution in [0.15, 0.2) is 48.5 Å². The maximum atomic E-state index is 13.1. The van der Waals surface area contributed by atoms with Crippen molar-refractivity contribution in [1.29, 1.82) is 0 Å². The van der Waals surface area contributed by atoms with E-state index in [9.17, 15) is 14.0 Å². The topological polar surface area (TPSA) is 67.4 Å². The third-order valence-corrected chi connectivity index (χ3v) is 3.23. The minimum Gasteiger partial charge on any atom is -0.375 e. The Bertz CT molecular complexity index is 719. The first kappa shape index (κ1) is 17.6. The Hall–Kier alpha value is -2.73. The number of rotatable bonds is 7. The molecule has 2 aromatic rings. The van der Waals surface area contributed by atoms with Crippen LogP contribution in [0.2, 0.25) is 0 Å². The van der Waals surface area contributed by atoms with Gasteiger partial charge in [0.25, 0.3) is 0 Å². The Morgan fingerprint density at radius 3 is 2.54 bits per heavy atom. The number of carbonyl (C=O) groups excluding carboxylic acids is 2. The largest absolute Gasteiger partial charge is 0.375 e. The molecule has 0 aliphatic carbocycles. The van der Waals surface area contributed by atoms with E-state index < -0.39 is 0 Å². The molecule has 0 heterocycles. The SMILES string of the molecule is COCC(=O)Nc1cccc(CNC(=O)Cc2cccc(F)c2)c1. The van der Waals surface area contributed by atoms with Gasteiger partial charge >= 0.3 is 0 Å². The van der Waals surface area contributed by atoms with Crippen LogP contribution in [0.3, 0.4) is 0 Å². The van der Waals surface area contributed by atoms with Crippen LogP contribution in [0.1, 0.15) is 11.1 Å². The van der Waals surface area contributed by atoms with Gasteiger partial charge in [-0.15, -0.1) is 0 Å². The first-order valence-electron chi connectivity index (χ1n) is 7.45. The number of anilines is 1. The molecule has 0 aromatic heterocycles.